The molecule has 1 N–H and O–H groups in total. The number of para-hydroxylation sites is 1. The summed E-state index contributed by atoms with van der Waals surface area (Å²) in [6, 6.07) is 19.0. The van der Waals surface area contributed by atoms with Crippen molar-refractivity contribution in [1.82, 2.24) is 19.7 Å². The highest BCUT2D eigenvalue weighted by Gasteiger charge is 2.50. The molecule has 0 bridgehead atoms. The van der Waals surface area contributed by atoms with Crippen molar-refractivity contribution < 1.29 is 28.5 Å². The lowest BCUT2D eigenvalue weighted by molar-refractivity contribution is -0.160. The zero-order valence-electron chi connectivity index (χ0n) is 23.5. The number of likely N-dealkylation sites (tertiary alicyclic amines) is 1. The molecule has 0 unspecified atom stereocenters. The second-order valence-corrected chi connectivity index (χ2v) is 11.9. The number of nitrogens with zero attached hydrogens (tertiary/aromatic N) is 3. The summed E-state index contributed by atoms with van der Waals surface area (Å²) in [6.45, 7) is 2.84. The van der Waals surface area contributed by atoms with Crippen LogP contribution in [0.15, 0.2) is 60.7 Å². The molecule has 1 aromatic heterocycles. The van der Waals surface area contributed by atoms with Crippen LogP contribution < -0.4 is 18.9 Å². The second-order valence-electron chi connectivity index (χ2n) is 11.9. The third-order valence-electron chi connectivity index (χ3n) is 9.54. The van der Waals surface area contributed by atoms with E-state index in [0.717, 1.165) is 70.8 Å². The van der Waals surface area contributed by atoms with Crippen molar-refractivity contribution in [3.63, 3.8) is 0 Å². The van der Waals surface area contributed by atoms with Gasteiger partial charge in [0.25, 0.3) is 0 Å². The molecule has 3 aromatic carbocycles. The van der Waals surface area contributed by atoms with Crippen molar-refractivity contribution in [2.75, 3.05) is 33.2 Å². The number of piperazine rings is 1. The van der Waals surface area contributed by atoms with Gasteiger partial charge in [-0.25, -0.2) is 0 Å². The predicted octanol–water partition coefficient (Wildman–Crippen LogP) is 3.58. The average molecular weight is 579 g/mol. The van der Waals surface area contributed by atoms with Gasteiger partial charge in [0.05, 0.1) is 6.04 Å². The van der Waals surface area contributed by atoms with Crippen molar-refractivity contribution >= 4 is 22.7 Å². The fourth-order valence-corrected chi connectivity index (χ4v) is 7.53. The van der Waals surface area contributed by atoms with Crippen LogP contribution in [0.4, 0.5) is 0 Å². The van der Waals surface area contributed by atoms with Gasteiger partial charge in [-0.1, -0.05) is 30.3 Å². The summed E-state index contributed by atoms with van der Waals surface area (Å²) in [5.74, 6) is 2.88. The average Bonchev–Trinajstić information content (AvgIpc) is 3.83. The Labute approximate surface area is 247 Å². The molecular weight excluding hydrogens is 548 g/mol. The van der Waals surface area contributed by atoms with Crippen LogP contribution in [0.2, 0.25) is 0 Å². The van der Waals surface area contributed by atoms with Crippen LogP contribution in [-0.2, 0) is 22.6 Å². The van der Waals surface area contributed by atoms with Crippen LogP contribution in [0.5, 0.6) is 23.0 Å². The first-order valence-electron chi connectivity index (χ1n) is 14.8. The summed E-state index contributed by atoms with van der Waals surface area (Å²) in [5, 5.41) is 1.09. The fourth-order valence-electron chi connectivity index (χ4n) is 7.53. The summed E-state index contributed by atoms with van der Waals surface area (Å²) in [7, 11) is 0. The Morgan fingerprint density at radius 1 is 0.860 bits per heavy atom. The molecule has 218 valence electrons. The van der Waals surface area contributed by atoms with Gasteiger partial charge in [0.15, 0.2) is 23.0 Å². The number of nitrogens with one attached hydrogen (secondary N) is 1. The van der Waals surface area contributed by atoms with Gasteiger partial charge in [0.2, 0.25) is 25.4 Å². The molecule has 2 amide bonds. The molecule has 0 radical (unpaired) electrons. The second kappa shape index (κ2) is 9.40. The number of H-pyrrole nitrogens is 1. The molecule has 0 saturated carbocycles. The van der Waals surface area contributed by atoms with Gasteiger partial charge in [-0.05, 0) is 53.4 Å². The molecule has 10 heteroatoms. The number of aromatic nitrogens is 1. The van der Waals surface area contributed by atoms with E-state index in [1.807, 2.05) is 58.3 Å². The van der Waals surface area contributed by atoms with Gasteiger partial charge in [-0.2, -0.15) is 0 Å². The predicted molar refractivity (Wildman–Crippen MR) is 155 cm³/mol. The lowest BCUT2D eigenvalue weighted by Crippen LogP contribution is -2.65. The van der Waals surface area contributed by atoms with Crippen LogP contribution in [0.25, 0.3) is 10.9 Å². The van der Waals surface area contributed by atoms with Gasteiger partial charge < -0.3 is 33.7 Å². The van der Waals surface area contributed by atoms with E-state index < -0.39 is 12.1 Å². The minimum atomic E-state index is -0.578. The minimum Gasteiger partial charge on any atom is -0.454 e. The summed E-state index contributed by atoms with van der Waals surface area (Å²) in [4.78, 5) is 38.0. The molecule has 9 rings (SSSR count). The number of ether oxygens (including phenoxy) is 4. The van der Waals surface area contributed by atoms with E-state index in [1.165, 1.54) is 0 Å². The Morgan fingerprint density at radius 2 is 1.63 bits per heavy atom. The lowest BCUT2D eigenvalue weighted by atomic mass is 9.85. The number of carbonyl (C=O) groups excluding carboxylic acids is 2. The van der Waals surface area contributed by atoms with Gasteiger partial charge in [-0.3, -0.25) is 14.5 Å². The largest absolute Gasteiger partial charge is 0.454 e. The molecule has 43 heavy (non-hydrogen) atoms. The highest BCUT2D eigenvalue weighted by atomic mass is 16.7. The molecule has 6 heterocycles. The van der Waals surface area contributed by atoms with Crippen LogP contribution >= 0.6 is 0 Å². The van der Waals surface area contributed by atoms with Crippen LogP contribution in [-0.4, -0.2) is 76.8 Å². The van der Waals surface area contributed by atoms with E-state index in [2.05, 4.69) is 22.0 Å². The Hall–Kier alpha value is -4.70. The summed E-state index contributed by atoms with van der Waals surface area (Å²) in [5.41, 5.74) is 5.10. The maximum Gasteiger partial charge on any atom is 0.246 e. The maximum absolute atomic E-state index is 14.3. The van der Waals surface area contributed by atoms with Crippen LogP contribution in [0.1, 0.15) is 34.8 Å². The van der Waals surface area contributed by atoms with Crippen LogP contribution in [0.3, 0.4) is 0 Å². The van der Waals surface area contributed by atoms with Crippen molar-refractivity contribution in [3.05, 3.63) is 83.0 Å². The Bertz CT molecular complexity index is 1800. The molecular formula is C33H30N4O6. The molecule has 5 aliphatic heterocycles. The van der Waals surface area contributed by atoms with Crippen molar-refractivity contribution in [3.8, 4) is 23.0 Å². The standard InChI is InChI=1S/C33H30N4O6/c38-30-16-36(21-9-10-35(15-21)14-19-5-7-26-28(11-19)42-17-40-26)33(39)25-13-23-22-3-1-2-4-24(22)34-31(23)32(37(25)30)20-6-8-27-29(12-20)43-18-41-27/h1-8,11-12,21,25,32,34H,9-10,13-18H2/t21-,25-,32-/m1/s1. The third-order valence-corrected chi connectivity index (χ3v) is 9.54. The molecule has 0 spiro atoms. The van der Waals surface area contributed by atoms with Crippen molar-refractivity contribution in [1.29, 1.82) is 0 Å². The van der Waals surface area contributed by atoms with Crippen molar-refractivity contribution in [2.24, 2.45) is 0 Å². The van der Waals surface area contributed by atoms with E-state index in [0.29, 0.717) is 17.9 Å². The summed E-state index contributed by atoms with van der Waals surface area (Å²) in [6.07, 6.45) is 1.31. The van der Waals surface area contributed by atoms with E-state index >= 15 is 0 Å². The zero-order chi connectivity index (χ0) is 28.7. The van der Waals surface area contributed by atoms with E-state index in [9.17, 15) is 9.59 Å². The molecule has 0 aliphatic carbocycles. The van der Waals surface area contributed by atoms with E-state index in [1.54, 1.807) is 0 Å². The summed E-state index contributed by atoms with van der Waals surface area (Å²) >= 11 is 0. The van der Waals surface area contributed by atoms with Gasteiger partial charge >= 0.3 is 0 Å². The topological polar surface area (TPSA) is 96.6 Å². The molecule has 2 fully saturated rings. The molecule has 5 aliphatic rings. The first-order chi connectivity index (χ1) is 21.1. The first-order valence-corrected chi connectivity index (χ1v) is 14.8. The van der Waals surface area contributed by atoms with Gasteiger partial charge in [0.1, 0.15) is 12.6 Å². The Morgan fingerprint density at radius 3 is 2.49 bits per heavy atom. The molecule has 2 saturated heterocycles. The summed E-state index contributed by atoms with van der Waals surface area (Å²) < 4.78 is 22.2. The number of benzene rings is 3. The molecule has 3 atom stereocenters. The zero-order valence-corrected chi connectivity index (χ0v) is 23.5. The monoisotopic (exact) mass is 578 g/mol. The quantitative estimate of drug-likeness (QED) is 0.396. The van der Waals surface area contributed by atoms with Crippen molar-refractivity contribution in [2.45, 2.75) is 37.5 Å². The Balaban J connectivity index is 1.02. The number of rotatable bonds is 4. The highest BCUT2D eigenvalue weighted by molar-refractivity contribution is 5.98. The smallest absolute Gasteiger partial charge is 0.246 e. The van der Waals surface area contributed by atoms with Gasteiger partial charge in [-0.15, -0.1) is 0 Å². The normalized spacial score (nSPS) is 24.1. The Kier molecular flexibility index (Phi) is 5.44. The van der Waals surface area contributed by atoms with E-state index in [4.69, 9.17) is 18.9 Å². The number of aromatic amines is 1. The third kappa shape index (κ3) is 3.89. The van der Waals surface area contributed by atoms with E-state index in [-0.39, 0.29) is 38.0 Å². The maximum atomic E-state index is 14.3. The van der Waals surface area contributed by atoms with Crippen LogP contribution in [0, 0.1) is 0 Å². The SMILES string of the molecule is O=C1[C@H]2Cc3c([nH]c4ccccc34)[C@@H](c3ccc4c(c3)OCO4)N2C(=O)CN1[C@@H]1CCN(Cc2ccc3c(c2)OCO3)C1. The number of carbonyl (C=O) groups is 2. The number of hydrogen-bond donors (Lipinski definition) is 1. The number of fused-ring (bicyclic) bond motifs is 6. The highest BCUT2D eigenvalue weighted by Crippen LogP contribution is 2.45. The van der Waals surface area contributed by atoms with Gasteiger partial charge in [0, 0.05) is 48.7 Å². The molecule has 4 aromatic rings. The lowest BCUT2D eigenvalue weighted by Gasteiger charge is -2.48. The first kappa shape index (κ1) is 24.9. The fraction of sp³-hybridized carbons (Fsp3) is 0.333. The minimum absolute atomic E-state index is 0.0130. The number of amides is 2. The number of hydrogen-bond acceptors (Lipinski definition) is 7. The molecule has 10 nitrogen and oxygen atoms in total.